The van der Waals surface area contributed by atoms with Gasteiger partial charge in [-0.3, -0.25) is 0 Å². The predicted molar refractivity (Wildman–Crippen MR) is 65.9 cm³/mol. The monoisotopic (exact) mass is 231 g/mol. The second kappa shape index (κ2) is 4.85. The smallest absolute Gasteiger partial charge is 0.0706 e. The number of nitrogens with zero attached hydrogens (tertiary/aromatic N) is 2. The highest BCUT2D eigenvalue weighted by atomic mass is 16.5. The number of ether oxygens (including phenoxy) is 1. The van der Waals surface area contributed by atoms with Gasteiger partial charge in [0.1, 0.15) is 0 Å². The molecular formula is C13H17N3O. The van der Waals surface area contributed by atoms with Crippen molar-refractivity contribution in [2.45, 2.75) is 25.4 Å². The van der Waals surface area contributed by atoms with Crippen LogP contribution in [0.25, 0.3) is 5.52 Å². The average molecular weight is 231 g/mol. The van der Waals surface area contributed by atoms with E-state index in [1.165, 1.54) is 11.1 Å². The van der Waals surface area contributed by atoms with Crippen molar-refractivity contribution in [3.8, 4) is 0 Å². The van der Waals surface area contributed by atoms with Crippen molar-refractivity contribution in [3.05, 3.63) is 36.2 Å². The first-order valence-electron chi connectivity index (χ1n) is 6.16. The molecule has 2 aromatic rings. The molecule has 4 nitrogen and oxygen atoms in total. The highest BCUT2D eigenvalue weighted by Gasteiger charge is 2.13. The van der Waals surface area contributed by atoms with Gasteiger partial charge < -0.3 is 10.1 Å². The first kappa shape index (κ1) is 10.7. The van der Waals surface area contributed by atoms with Crippen LogP contribution in [0.2, 0.25) is 0 Å². The minimum absolute atomic E-state index is 0.586. The maximum atomic E-state index is 5.35. The van der Waals surface area contributed by atoms with Crippen molar-refractivity contribution in [1.82, 2.24) is 14.9 Å². The number of nitrogens with one attached hydrogen (secondary N) is 1. The summed E-state index contributed by atoms with van der Waals surface area (Å²) in [7, 11) is 0. The van der Waals surface area contributed by atoms with Gasteiger partial charge in [0, 0.05) is 37.6 Å². The zero-order valence-corrected chi connectivity index (χ0v) is 9.80. The summed E-state index contributed by atoms with van der Waals surface area (Å²) >= 11 is 0. The molecule has 1 aliphatic heterocycles. The maximum absolute atomic E-state index is 5.35. The third kappa shape index (κ3) is 2.33. The zero-order chi connectivity index (χ0) is 11.5. The van der Waals surface area contributed by atoms with Crippen molar-refractivity contribution in [2.24, 2.45) is 0 Å². The van der Waals surface area contributed by atoms with E-state index in [9.17, 15) is 0 Å². The van der Waals surface area contributed by atoms with Crippen LogP contribution in [0.5, 0.6) is 0 Å². The highest BCUT2D eigenvalue weighted by Crippen LogP contribution is 2.12. The summed E-state index contributed by atoms with van der Waals surface area (Å²) in [5.41, 5.74) is 2.45. The molecular weight excluding hydrogens is 214 g/mol. The third-order valence-electron chi connectivity index (χ3n) is 3.31. The molecule has 0 spiro atoms. The van der Waals surface area contributed by atoms with Crippen LogP contribution in [0.4, 0.5) is 0 Å². The number of hydrogen-bond donors (Lipinski definition) is 1. The van der Waals surface area contributed by atoms with Crippen molar-refractivity contribution < 1.29 is 4.74 Å². The van der Waals surface area contributed by atoms with Gasteiger partial charge in [-0.25, -0.2) is 4.52 Å². The summed E-state index contributed by atoms with van der Waals surface area (Å²) in [6.45, 7) is 2.65. The molecule has 0 radical (unpaired) electrons. The number of fused-ring (bicyclic) bond motifs is 1. The maximum Gasteiger partial charge on any atom is 0.0706 e. The third-order valence-corrected chi connectivity index (χ3v) is 3.31. The Hall–Kier alpha value is -1.39. The summed E-state index contributed by atoms with van der Waals surface area (Å²) in [5.74, 6) is 0. The predicted octanol–water partition coefficient (Wildman–Crippen LogP) is 1.60. The van der Waals surface area contributed by atoms with E-state index in [1.54, 1.807) is 0 Å². The van der Waals surface area contributed by atoms with Crippen LogP contribution in [0.3, 0.4) is 0 Å². The molecule has 1 aliphatic rings. The lowest BCUT2D eigenvalue weighted by Crippen LogP contribution is -2.34. The Bertz CT molecular complexity index is 488. The second-order valence-corrected chi connectivity index (χ2v) is 4.47. The average Bonchev–Trinajstić information content (AvgIpc) is 2.81. The van der Waals surface area contributed by atoms with Crippen LogP contribution in [-0.4, -0.2) is 28.9 Å². The van der Waals surface area contributed by atoms with Crippen molar-refractivity contribution in [1.29, 1.82) is 0 Å². The number of hydrogen-bond acceptors (Lipinski definition) is 3. The van der Waals surface area contributed by atoms with Gasteiger partial charge in [-0.15, -0.1) is 0 Å². The fraction of sp³-hybridized carbons (Fsp3) is 0.462. The molecule has 4 heteroatoms. The summed E-state index contributed by atoms with van der Waals surface area (Å²) in [6.07, 6.45) is 6.15. The summed E-state index contributed by atoms with van der Waals surface area (Å²) < 4.78 is 7.27. The van der Waals surface area contributed by atoms with E-state index >= 15 is 0 Å². The Morgan fingerprint density at radius 2 is 2.24 bits per heavy atom. The minimum Gasteiger partial charge on any atom is -0.381 e. The first-order chi connectivity index (χ1) is 8.43. The van der Waals surface area contributed by atoms with Gasteiger partial charge in [0.25, 0.3) is 0 Å². The highest BCUT2D eigenvalue weighted by molar-refractivity contribution is 5.53. The Morgan fingerprint density at radius 1 is 1.35 bits per heavy atom. The van der Waals surface area contributed by atoms with E-state index in [-0.39, 0.29) is 0 Å². The molecule has 90 valence electrons. The van der Waals surface area contributed by atoms with Crippen LogP contribution in [-0.2, 0) is 11.3 Å². The fourth-order valence-electron chi connectivity index (χ4n) is 2.28. The van der Waals surface area contributed by atoms with Gasteiger partial charge in [-0.2, -0.15) is 5.10 Å². The lowest BCUT2D eigenvalue weighted by Gasteiger charge is -2.22. The van der Waals surface area contributed by atoms with Gasteiger partial charge in [0.15, 0.2) is 0 Å². The molecule has 3 rings (SSSR count). The Morgan fingerprint density at radius 3 is 3.12 bits per heavy atom. The van der Waals surface area contributed by atoms with Crippen LogP contribution in [0, 0.1) is 0 Å². The molecule has 0 atom stereocenters. The van der Waals surface area contributed by atoms with Crippen LogP contribution < -0.4 is 5.32 Å². The molecule has 1 N–H and O–H groups in total. The number of rotatable bonds is 3. The van der Waals surface area contributed by atoms with Gasteiger partial charge >= 0.3 is 0 Å². The molecule has 0 aliphatic carbocycles. The minimum atomic E-state index is 0.586. The molecule has 3 heterocycles. The van der Waals surface area contributed by atoms with Crippen LogP contribution in [0.1, 0.15) is 18.4 Å². The standard InChI is InChI=1S/C13H17N3O/c1-2-6-16-13(3-1)11(10-15-16)9-14-12-4-7-17-8-5-12/h1-3,6,10,12,14H,4-5,7-9H2. The molecule has 0 aromatic carbocycles. The quantitative estimate of drug-likeness (QED) is 0.872. The topological polar surface area (TPSA) is 38.6 Å². The first-order valence-corrected chi connectivity index (χ1v) is 6.16. The number of aromatic nitrogens is 2. The van der Waals surface area contributed by atoms with E-state index in [1.807, 2.05) is 23.0 Å². The number of pyridine rings is 1. The molecule has 17 heavy (non-hydrogen) atoms. The summed E-state index contributed by atoms with van der Waals surface area (Å²) in [6, 6.07) is 6.74. The normalized spacial score (nSPS) is 17.6. The molecule has 0 unspecified atom stereocenters. The lowest BCUT2D eigenvalue weighted by atomic mass is 10.1. The fourth-order valence-corrected chi connectivity index (χ4v) is 2.28. The van der Waals surface area contributed by atoms with E-state index in [2.05, 4.69) is 22.5 Å². The van der Waals surface area contributed by atoms with Crippen molar-refractivity contribution in [2.75, 3.05) is 13.2 Å². The van der Waals surface area contributed by atoms with Gasteiger partial charge in [0.2, 0.25) is 0 Å². The Kier molecular flexibility index (Phi) is 3.07. The molecule has 1 fully saturated rings. The lowest BCUT2D eigenvalue weighted by molar-refractivity contribution is 0.0776. The van der Waals surface area contributed by atoms with E-state index < -0.39 is 0 Å². The van der Waals surface area contributed by atoms with Gasteiger partial charge in [-0.05, 0) is 25.0 Å². The van der Waals surface area contributed by atoms with Gasteiger partial charge in [-0.1, -0.05) is 6.07 Å². The van der Waals surface area contributed by atoms with Crippen molar-refractivity contribution in [3.63, 3.8) is 0 Å². The molecule has 0 bridgehead atoms. The van der Waals surface area contributed by atoms with E-state index in [0.29, 0.717) is 6.04 Å². The largest absolute Gasteiger partial charge is 0.381 e. The second-order valence-electron chi connectivity index (χ2n) is 4.47. The summed E-state index contributed by atoms with van der Waals surface area (Å²) in [5, 5.41) is 7.92. The van der Waals surface area contributed by atoms with E-state index in [0.717, 1.165) is 32.6 Å². The molecule has 0 saturated carbocycles. The zero-order valence-electron chi connectivity index (χ0n) is 9.80. The van der Waals surface area contributed by atoms with Crippen LogP contribution >= 0.6 is 0 Å². The molecule has 1 saturated heterocycles. The Labute approximate surface area is 101 Å². The molecule has 0 amide bonds. The van der Waals surface area contributed by atoms with Gasteiger partial charge in [0.05, 0.1) is 11.7 Å². The van der Waals surface area contributed by atoms with Crippen LogP contribution in [0.15, 0.2) is 30.6 Å². The Balaban J connectivity index is 1.68. The molecule has 2 aromatic heterocycles. The van der Waals surface area contributed by atoms with Crippen molar-refractivity contribution >= 4 is 5.52 Å². The van der Waals surface area contributed by atoms with E-state index in [4.69, 9.17) is 4.74 Å². The summed E-state index contributed by atoms with van der Waals surface area (Å²) in [4.78, 5) is 0. The SMILES string of the molecule is c1ccn2ncc(CNC3CCOCC3)c2c1.